The molecule has 2 fully saturated rings. The minimum absolute atomic E-state index is 0.00400. The van der Waals surface area contributed by atoms with Gasteiger partial charge in [-0.15, -0.1) is 0 Å². The third-order valence-corrected chi connectivity index (χ3v) is 6.94. The number of aliphatic carboxylic acids is 1. The van der Waals surface area contributed by atoms with Gasteiger partial charge in [-0.05, 0) is 73.6 Å². The maximum absolute atomic E-state index is 12.6. The Bertz CT molecular complexity index is 1020. The van der Waals surface area contributed by atoms with Gasteiger partial charge in [-0.2, -0.15) is 0 Å². The van der Waals surface area contributed by atoms with Gasteiger partial charge in [0.15, 0.2) is 0 Å². The fraction of sp³-hybridized carbons (Fsp3) is 0.464. The summed E-state index contributed by atoms with van der Waals surface area (Å²) in [5.41, 5.74) is 1.45. The highest BCUT2D eigenvalue weighted by atomic mass is 16.6. The fourth-order valence-corrected chi connectivity index (χ4v) is 4.76. The van der Waals surface area contributed by atoms with E-state index in [0.29, 0.717) is 42.8 Å². The molecular formula is C28H34N2O6. The maximum atomic E-state index is 12.6. The van der Waals surface area contributed by atoms with Crippen LogP contribution in [0.2, 0.25) is 0 Å². The number of hydrogen-bond donors (Lipinski definition) is 2. The first-order chi connectivity index (χ1) is 17.5. The second kappa shape index (κ2) is 12.4. The van der Waals surface area contributed by atoms with Gasteiger partial charge in [0.05, 0.1) is 13.0 Å². The van der Waals surface area contributed by atoms with Crippen molar-refractivity contribution in [3.8, 4) is 11.5 Å². The van der Waals surface area contributed by atoms with Crippen molar-refractivity contribution in [3.63, 3.8) is 0 Å². The van der Waals surface area contributed by atoms with Crippen molar-refractivity contribution in [2.45, 2.75) is 51.4 Å². The molecule has 192 valence electrons. The number of piperidine rings is 1. The summed E-state index contributed by atoms with van der Waals surface area (Å²) in [5.74, 6) is 0.802. The normalized spacial score (nSPS) is 16.8. The Morgan fingerprint density at radius 3 is 2.14 bits per heavy atom. The highest BCUT2D eigenvalue weighted by molar-refractivity contribution is 5.92. The van der Waals surface area contributed by atoms with Gasteiger partial charge in [0.1, 0.15) is 11.5 Å². The largest absolute Gasteiger partial charge is 0.493 e. The van der Waals surface area contributed by atoms with E-state index in [2.05, 4.69) is 5.32 Å². The summed E-state index contributed by atoms with van der Waals surface area (Å²) in [7, 11) is 0. The minimum atomic E-state index is -0.857. The Morgan fingerprint density at radius 2 is 1.50 bits per heavy atom. The highest BCUT2D eigenvalue weighted by Crippen LogP contribution is 2.26. The number of carbonyl (C=O) groups is 3. The lowest BCUT2D eigenvalue weighted by atomic mass is 9.88. The first kappa shape index (κ1) is 25.5. The molecule has 4 rings (SSSR count). The number of nitrogens with one attached hydrogen (secondary N) is 1. The topological polar surface area (TPSA) is 105 Å². The van der Waals surface area contributed by atoms with Crippen molar-refractivity contribution in [3.05, 3.63) is 54.1 Å². The van der Waals surface area contributed by atoms with Crippen molar-refractivity contribution in [1.82, 2.24) is 4.90 Å². The molecule has 2 amide bonds. The average molecular weight is 495 g/mol. The first-order valence-electron chi connectivity index (χ1n) is 12.8. The van der Waals surface area contributed by atoms with Gasteiger partial charge in [0, 0.05) is 24.7 Å². The van der Waals surface area contributed by atoms with Crippen LogP contribution >= 0.6 is 0 Å². The van der Waals surface area contributed by atoms with Crippen LogP contribution in [0.25, 0.3) is 0 Å². The van der Waals surface area contributed by atoms with Gasteiger partial charge < -0.3 is 24.8 Å². The number of benzene rings is 2. The van der Waals surface area contributed by atoms with E-state index < -0.39 is 5.97 Å². The summed E-state index contributed by atoms with van der Waals surface area (Å²) in [6, 6.07) is 14.0. The standard InChI is InChI=1S/C28H34N2O6/c31-26(32)18-20-6-10-24(11-7-20)35-19-21-14-16-30(17-15-21)28(34)36-25-12-8-23(9-13-25)29-27(33)22-4-2-1-3-5-22/h6-13,21-22H,1-5,14-19H2,(H,29,33)(H,31,32). The Hall–Kier alpha value is -3.55. The molecule has 1 saturated carbocycles. The molecule has 0 radical (unpaired) electrons. The van der Waals surface area contributed by atoms with E-state index in [0.717, 1.165) is 44.1 Å². The molecule has 8 heteroatoms. The van der Waals surface area contributed by atoms with Gasteiger partial charge in [-0.1, -0.05) is 31.4 Å². The molecule has 0 spiro atoms. The molecule has 2 N–H and O–H groups in total. The summed E-state index contributed by atoms with van der Waals surface area (Å²) in [4.78, 5) is 37.5. The molecule has 1 heterocycles. The van der Waals surface area contributed by atoms with Crippen LogP contribution < -0.4 is 14.8 Å². The Labute approximate surface area is 211 Å². The van der Waals surface area contributed by atoms with Crippen molar-refractivity contribution >= 4 is 23.7 Å². The van der Waals surface area contributed by atoms with Crippen molar-refractivity contribution < 1.29 is 29.0 Å². The minimum Gasteiger partial charge on any atom is -0.493 e. The molecule has 0 atom stereocenters. The van der Waals surface area contributed by atoms with Gasteiger partial charge >= 0.3 is 12.1 Å². The van der Waals surface area contributed by atoms with Gasteiger partial charge in [0.25, 0.3) is 0 Å². The lowest BCUT2D eigenvalue weighted by Gasteiger charge is -2.31. The smallest absolute Gasteiger partial charge is 0.415 e. The van der Waals surface area contributed by atoms with Crippen LogP contribution in [-0.4, -0.2) is 47.7 Å². The number of ether oxygens (including phenoxy) is 2. The molecule has 0 unspecified atom stereocenters. The lowest BCUT2D eigenvalue weighted by Crippen LogP contribution is -2.41. The van der Waals surface area contributed by atoms with E-state index in [9.17, 15) is 14.4 Å². The number of carboxylic acids is 1. The predicted molar refractivity (Wildman–Crippen MR) is 135 cm³/mol. The summed E-state index contributed by atoms with van der Waals surface area (Å²) in [6.45, 7) is 1.75. The third-order valence-electron chi connectivity index (χ3n) is 6.94. The molecule has 8 nitrogen and oxygen atoms in total. The number of anilines is 1. The van der Waals surface area contributed by atoms with Gasteiger partial charge in [-0.25, -0.2) is 4.79 Å². The fourth-order valence-electron chi connectivity index (χ4n) is 4.76. The van der Waals surface area contributed by atoms with Crippen molar-refractivity contribution in [2.75, 3.05) is 25.0 Å². The van der Waals surface area contributed by atoms with Crippen LogP contribution in [0.5, 0.6) is 11.5 Å². The van der Waals surface area contributed by atoms with Crippen molar-refractivity contribution in [2.24, 2.45) is 11.8 Å². The molecule has 2 aromatic rings. The second-order valence-electron chi connectivity index (χ2n) is 9.67. The number of carboxylic acid groups (broad SMARTS) is 1. The van der Waals surface area contributed by atoms with Crippen LogP contribution in [0.3, 0.4) is 0 Å². The van der Waals surface area contributed by atoms with Crippen LogP contribution in [0.1, 0.15) is 50.5 Å². The second-order valence-corrected chi connectivity index (χ2v) is 9.67. The Balaban J connectivity index is 1.17. The summed E-state index contributed by atoms with van der Waals surface area (Å²) >= 11 is 0. The zero-order chi connectivity index (χ0) is 25.3. The molecule has 0 aromatic heterocycles. The van der Waals surface area contributed by atoms with E-state index in [4.69, 9.17) is 14.6 Å². The molecule has 1 aliphatic carbocycles. The maximum Gasteiger partial charge on any atom is 0.415 e. The van der Waals surface area contributed by atoms with E-state index in [1.54, 1.807) is 53.4 Å². The van der Waals surface area contributed by atoms with Gasteiger partial charge in [-0.3, -0.25) is 9.59 Å². The molecule has 2 aliphatic rings. The summed E-state index contributed by atoms with van der Waals surface area (Å²) in [5, 5.41) is 11.8. The average Bonchev–Trinajstić information content (AvgIpc) is 2.90. The first-order valence-corrected chi connectivity index (χ1v) is 12.8. The number of nitrogens with zero attached hydrogens (tertiary/aromatic N) is 1. The van der Waals surface area contributed by atoms with Crippen LogP contribution in [0, 0.1) is 11.8 Å². The van der Waals surface area contributed by atoms with Gasteiger partial charge in [0.2, 0.25) is 5.91 Å². The number of hydrogen-bond acceptors (Lipinski definition) is 5. The molecule has 1 saturated heterocycles. The molecular weight excluding hydrogens is 460 g/mol. The zero-order valence-electron chi connectivity index (χ0n) is 20.5. The quantitative estimate of drug-likeness (QED) is 0.528. The van der Waals surface area contributed by atoms with Crippen LogP contribution in [-0.2, 0) is 16.0 Å². The number of rotatable bonds is 8. The number of carbonyl (C=O) groups excluding carboxylic acids is 2. The van der Waals surface area contributed by atoms with Crippen LogP contribution in [0.4, 0.5) is 10.5 Å². The summed E-state index contributed by atoms with van der Waals surface area (Å²) < 4.78 is 11.4. The zero-order valence-corrected chi connectivity index (χ0v) is 20.5. The number of likely N-dealkylation sites (tertiary alicyclic amines) is 1. The summed E-state index contributed by atoms with van der Waals surface area (Å²) in [6.07, 6.45) is 6.59. The lowest BCUT2D eigenvalue weighted by molar-refractivity contribution is -0.136. The monoisotopic (exact) mass is 494 g/mol. The molecule has 2 aromatic carbocycles. The Kier molecular flexibility index (Phi) is 8.81. The molecule has 1 aliphatic heterocycles. The SMILES string of the molecule is O=C(O)Cc1ccc(OCC2CCN(C(=O)Oc3ccc(NC(=O)C4CCCCC4)cc3)CC2)cc1. The van der Waals surface area contributed by atoms with Crippen LogP contribution in [0.15, 0.2) is 48.5 Å². The molecule has 36 heavy (non-hydrogen) atoms. The van der Waals surface area contributed by atoms with E-state index in [1.165, 1.54) is 6.42 Å². The van der Waals surface area contributed by atoms with Crippen molar-refractivity contribution in [1.29, 1.82) is 0 Å². The number of amides is 2. The van der Waals surface area contributed by atoms with E-state index >= 15 is 0 Å². The Morgan fingerprint density at radius 1 is 0.861 bits per heavy atom. The highest BCUT2D eigenvalue weighted by Gasteiger charge is 2.25. The predicted octanol–water partition coefficient (Wildman–Crippen LogP) is 5.12. The van der Waals surface area contributed by atoms with E-state index in [-0.39, 0.29) is 24.3 Å². The third kappa shape index (κ3) is 7.47. The van der Waals surface area contributed by atoms with E-state index in [1.807, 2.05) is 0 Å². The molecule has 0 bridgehead atoms.